The molecule has 0 spiro atoms. The number of hydrogen-bond donors (Lipinski definition) is 1. The quantitative estimate of drug-likeness (QED) is 0.752. The van der Waals surface area contributed by atoms with Crippen LogP contribution < -0.4 is 5.32 Å². The van der Waals surface area contributed by atoms with Gasteiger partial charge >= 0.3 is 0 Å². The molecule has 0 unspecified atom stereocenters. The van der Waals surface area contributed by atoms with Crippen LogP contribution in [-0.4, -0.2) is 17.4 Å². The normalized spacial score (nSPS) is 10.4. The third kappa shape index (κ3) is 4.50. The van der Waals surface area contributed by atoms with Crippen LogP contribution in [0.1, 0.15) is 26.6 Å². The Balaban J connectivity index is 1.52. The summed E-state index contributed by atoms with van der Waals surface area (Å²) in [4.78, 5) is 16.6. The van der Waals surface area contributed by atoms with Gasteiger partial charge in [-0.05, 0) is 17.5 Å². The molecule has 0 atom stereocenters. The van der Waals surface area contributed by atoms with Gasteiger partial charge < -0.3 is 5.32 Å². The van der Waals surface area contributed by atoms with Gasteiger partial charge in [0, 0.05) is 18.3 Å². The second-order valence-corrected chi connectivity index (χ2v) is 6.22. The number of nitrogens with zero attached hydrogens (tertiary/aromatic N) is 1. The van der Waals surface area contributed by atoms with Gasteiger partial charge in [-0.1, -0.05) is 60.7 Å². The predicted octanol–water partition coefficient (Wildman–Crippen LogP) is 3.71. The Bertz CT molecular complexity index is 753. The molecule has 3 nitrogen and oxygen atoms in total. The molecule has 0 bridgehead atoms. The van der Waals surface area contributed by atoms with E-state index in [4.69, 9.17) is 0 Å². The van der Waals surface area contributed by atoms with E-state index in [1.807, 2.05) is 41.8 Å². The van der Waals surface area contributed by atoms with Crippen LogP contribution >= 0.6 is 11.3 Å². The molecule has 3 rings (SSSR count). The summed E-state index contributed by atoms with van der Waals surface area (Å²) >= 11 is 1.53. The number of hydrogen-bond acceptors (Lipinski definition) is 3. The monoisotopic (exact) mass is 322 g/mol. The summed E-state index contributed by atoms with van der Waals surface area (Å²) in [6.07, 6.45) is 1.59. The summed E-state index contributed by atoms with van der Waals surface area (Å²) in [5.41, 5.74) is 2.93. The zero-order chi connectivity index (χ0) is 15.9. The molecular formula is C19H18N2OS. The van der Waals surface area contributed by atoms with Crippen LogP contribution in [-0.2, 0) is 12.8 Å². The SMILES string of the molecule is O=C(NCCc1ccccc1)c1csc(Cc2ccccc2)n1. The molecule has 0 radical (unpaired) electrons. The van der Waals surface area contributed by atoms with E-state index in [1.54, 1.807) is 0 Å². The van der Waals surface area contributed by atoms with Crippen molar-refractivity contribution in [1.82, 2.24) is 10.3 Å². The third-order valence-electron chi connectivity index (χ3n) is 3.52. The van der Waals surface area contributed by atoms with Crippen molar-refractivity contribution in [3.05, 3.63) is 87.9 Å². The Hall–Kier alpha value is -2.46. The van der Waals surface area contributed by atoms with Crippen LogP contribution in [0.25, 0.3) is 0 Å². The van der Waals surface area contributed by atoms with E-state index >= 15 is 0 Å². The third-order valence-corrected chi connectivity index (χ3v) is 4.37. The molecule has 0 aliphatic rings. The van der Waals surface area contributed by atoms with Crippen LogP contribution in [0.4, 0.5) is 0 Å². The molecule has 0 fully saturated rings. The fourth-order valence-corrected chi connectivity index (χ4v) is 3.13. The van der Waals surface area contributed by atoms with E-state index in [-0.39, 0.29) is 5.91 Å². The Morgan fingerprint density at radius 3 is 2.30 bits per heavy atom. The van der Waals surface area contributed by atoms with E-state index in [0.29, 0.717) is 12.2 Å². The average molecular weight is 322 g/mol. The molecule has 2 aromatic carbocycles. The molecule has 0 saturated heterocycles. The summed E-state index contributed by atoms with van der Waals surface area (Å²) in [5.74, 6) is -0.100. The van der Waals surface area contributed by atoms with E-state index < -0.39 is 0 Å². The van der Waals surface area contributed by atoms with Crippen molar-refractivity contribution in [1.29, 1.82) is 0 Å². The van der Waals surface area contributed by atoms with Crippen molar-refractivity contribution in [2.24, 2.45) is 0 Å². The number of thiazole rings is 1. The van der Waals surface area contributed by atoms with Crippen LogP contribution in [0.15, 0.2) is 66.0 Å². The van der Waals surface area contributed by atoms with Gasteiger partial charge in [0.15, 0.2) is 0 Å². The molecule has 1 heterocycles. The summed E-state index contributed by atoms with van der Waals surface area (Å²) in [6.45, 7) is 0.619. The van der Waals surface area contributed by atoms with E-state index in [0.717, 1.165) is 17.8 Å². The Morgan fingerprint density at radius 2 is 1.61 bits per heavy atom. The molecule has 0 saturated carbocycles. The summed E-state index contributed by atoms with van der Waals surface area (Å²) in [6, 6.07) is 20.3. The molecule has 0 aliphatic carbocycles. The summed E-state index contributed by atoms with van der Waals surface area (Å²) in [7, 11) is 0. The fourth-order valence-electron chi connectivity index (χ4n) is 2.32. The van der Waals surface area contributed by atoms with Gasteiger partial charge in [-0.15, -0.1) is 11.3 Å². The first-order valence-electron chi connectivity index (χ1n) is 7.62. The largest absolute Gasteiger partial charge is 0.350 e. The topological polar surface area (TPSA) is 42.0 Å². The molecule has 4 heteroatoms. The van der Waals surface area contributed by atoms with E-state index in [9.17, 15) is 4.79 Å². The average Bonchev–Trinajstić information content (AvgIpc) is 3.05. The highest BCUT2D eigenvalue weighted by atomic mass is 32.1. The van der Waals surface area contributed by atoms with Gasteiger partial charge in [-0.2, -0.15) is 0 Å². The summed E-state index contributed by atoms with van der Waals surface area (Å²) < 4.78 is 0. The molecule has 0 aliphatic heterocycles. The van der Waals surface area contributed by atoms with Crippen LogP contribution in [0.5, 0.6) is 0 Å². The van der Waals surface area contributed by atoms with Gasteiger partial charge in [0.05, 0.1) is 5.01 Å². The Morgan fingerprint density at radius 1 is 0.957 bits per heavy atom. The highest BCUT2D eigenvalue weighted by Gasteiger charge is 2.10. The van der Waals surface area contributed by atoms with Crippen molar-refractivity contribution in [2.75, 3.05) is 6.54 Å². The number of rotatable bonds is 6. The standard InChI is InChI=1S/C19H18N2OS/c22-19(20-12-11-15-7-3-1-4-8-15)17-14-23-18(21-17)13-16-9-5-2-6-10-16/h1-10,14H,11-13H2,(H,20,22). The maximum absolute atomic E-state index is 12.1. The van der Waals surface area contributed by atoms with E-state index in [2.05, 4.69) is 34.6 Å². The first-order chi connectivity index (χ1) is 11.3. The molecule has 116 valence electrons. The zero-order valence-electron chi connectivity index (χ0n) is 12.7. The van der Waals surface area contributed by atoms with Crippen molar-refractivity contribution in [2.45, 2.75) is 12.8 Å². The van der Waals surface area contributed by atoms with Gasteiger partial charge in [-0.25, -0.2) is 4.98 Å². The predicted molar refractivity (Wildman–Crippen MR) is 93.8 cm³/mol. The van der Waals surface area contributed by atoms with Crippen LogP contribution in [0.3, 0.4) is 0 Å². The maximum Gasteiger partial charge on any atom is 0.270 e. The lowest BCUT2D eigenvalue weighted by Crippen LogP contribution is -2.26. The number of aromatic nitrogens is 1. The number of carbonyl (C=O) groups excluding carboxylic acids is 1. The lowest BCUT2D eigenvalue weighted by molar-refractivity contribution is 0.0949. The van der Waals surface area contributed by atoms with Gasteiger partial charge in [0.1, 0.15) is 5.69 Å². The van der Waals surface area contributed by atoms with Crippen molar-refractivity contribution in [3.8, 4) is 0 Å². The first-order valence-corrected chi connectivity index (χ1v) is 8.50. The minimum atomic E-state index is -0.100. The van der Waals surface area contributed by atoms with Gasteiger partial charge in [-0.3, -0.25) is 4.79 Å². The van der Waals surface area contributed by atoms with Gasteiger partial charge in [0.2, 0.25) is 0 Å². The Labute approximate surface area is 140 Å². The van der Waals surface area contributed by atoms with E-state index in [1.165, 1.54) is 22.5 Å². The fraction of sp³-hybridized carbons (Fsp3) is 0.158. The molecule has 23 heavy (non-hydrogen) atoms. The molecule has 3 aromatic rings. The van der Waals surface area contributed by atoms with Crippen molar-refractivity contribution < 1.29 is 4.79 Å². The second-order valence-electron chi connectivity index (χ2n) is 5.28. The Kier molecular flexibility index (Phi) is 5.17. The highest BCUT2D eigenvalue weighted by molar-refractivity contribution is 7.09. The highest BCUT2D eigenvalue weighted by Crippen LogP contribution is 2.14. The minimum absolute atomic E-state index is 0.100. The van der Waals surface area contributed by atoms with Crippen LogP contribution in [0.2, 0.25) is 0 Å². The summed E-state index contributed by atoms with van der Waals surface area (Å²) in [5, 5.41) is 5.72. The number of nitrogens with one attached hydrogen (secondary N) is 1. The molecule has 1 amide bonds. The smallest absolute Gasteiger partial charge is 0.270 e. The van der Waals surface area contributed by atoms with Crippen molar-refractivity contribution in [3.63, 3.8) is 0 Å². The van der Waals surface area contributed by atoms with Crippen molar-refractivity contribution >= 4 is 17.2 Å². The zero-order valence-corrected chi connectivity index (χ0v) is 13.6. The molecule has 1 N–H and O–H groups in total. The minimum Gasteiger partial charge on any atom is -0.350 e. The molecule has 1 aromatic heterocycles. The lowest BCUT2D eigenvalue weighted by atomic mass is 10.1. The first kappa shape index (κ1) is 15.4. The number of benzene rings is 2. The van der Waals surface area contributed by atoms with Gasteiger partial charge in [0.25, 0.3) is 5.91 Å². The molecular weight excluding hydrogens is 304 g/mol. The lowest BCUT2D eigenvalue weighted by Gasteiger charge is -2.03. The van der Waals surface area contributed by atoms with Crippen LogP contribution in [0, 0.1) is 0 Å². The number of carbonyl (C=O) groups is 1. The second kappa shape index (κ2) is 7.70. The maximum atomic E-state index is 12.1. The number of amides is 1.